The van der Waals surface area contributed by atoms with E-state index in [0.29, 0.717) is 12.1 Å². The summed E-state index contributed by atoms with van der Waals surface area (Å²) < 4.78 is 20.7. The van der Waals surface area contributed by atoms with Crippen LogP contribution in [0.15, 0.2) is 52.9 Å². The molecule has 0 amide bonds. The monoisotopic (exact) mass is 170 g/mol. The molecule has 0 bridgehead atoms. The molecule has 1 aromatic heterocycles. The molecule has 1 heteroatoms. The van der Waals surface area contributed by atoms with Crippen molar-refractivity contribution in [3.05, 3.63) is 48.5 Å². The van der Waals surface area contributed by atoms with Gasteiger partial charge < -0.3 is 4.42 Å². The Kier molecular flexibility index (Phi) is 0.922. The second kappa shape index (κ2) is 2.36. The third-order valence-corrected chi connectivity index (χ3v) is 2.16. The van der Waals surface area contributed by atoms with Crippen molar-refractivity contribution in [3.8, 4) is 0 Å². The Morgan fingerprint density at radius 1 is 0.846 bits per heavy atom. The van der Waals surface area contributed by atoms with Crippen molar-refractivity contribution in [1.82, 2.24) is 0 Å². The van der Waals surface area contributed by atoms with Crippen molar-refractivity contribution in [2.24, 2.45) is 0 Å². The Morgan fingerprint density at radius 3 is 1.92 bits per heavy atom. The second-order valence-electron chi connectivity index (χ2n) is 2.95. The minimum Gasteiger partial charge on any atom is -0.456 e. The summed E-state index contributed by atoms with van der Waals surface area (Å²) >= 11 is 0. The minimum absolute atomic E-state index is 0.459. The Hall–Kier alpha value is -1.76. The van der Waals surface area contributed by atoms with Gasteiger partial charge in [0, 0.05) is 10.8 Å². The molecule has 0 aliphatic heterocycles. The van der Waals surface area contributed by atoms with E-state index in [0.717, 1.165) is 21.9 Å². The van der Waals surface area contributed by atoms with Crippen LogP contribution in [0.2, 0.25) is 0 Å². The molecule has 0 saturated heterocycles. The van der Waals surface area contributed by atoms with Crippen LogP contribution in [0.25, 0.3) is 21.9 Å². The molecule has 0 saturated carbocycles. The van der Waals surface area contributed by atoms with Crippen LogP contribution >= 0.6 is 0 Å². The lowest BCUT2D eigenvalue weighted by Crippen LogP contribution is -1.62. The third kappa shape index (κ3) is 0.872. The van der Waals surface area contributed by atoms with Crippen LogP contribution in [0.5, 0.6) is 0 Å². The Balaban J connectivity index is 2.55. The van der Waals surface area contributed by atoms with Crippen molar-refractivity contribution in [2.45, 2.75) is 0 Å². The second-order valence-corrected chi connectivity index (χ2v) is 2.95. The van der Waals surface area contributed by atoms with Crippen molar-refractivity contribution < 1.29 is 7.16 Å². The molecular formula is C12H8O. The van der Waals surface area contributed by atoms with Gasteiger partial charge in [0.15, 0.2) is 0 Å². The average molecular weight is 170 g/mol. The lowest BCUT2D eigenvalue weighted by Gasteiger charge is -1.85. The predicted molar refractivity (Wildman–Crippen MR) is 53.7 cm³/mol. The quantitative estimate of drug-likeness (QED) is 0.502. The topological polar surface area (TPSA) is 13.1 Å². The van der Waals surface area contributed by atoms with E-state index in [1.54, 1.807) is 36.4 Å². The standard InChI is InChI=1S/C12H8O/c1-3-7-11-9(5-1)10-6-2-4-8-12(10)13-11/h1-8H/i1D,2D. The molecule has 0 aliphatic carbocycles. The molecule has 0 unspecified atom stereocenters. The van der Waals surface area contributed by atoms with Gasteiger partial charge in [0.2, 0.25) is 0 Å². The molecule has 3 aromatic rings. The van der Waals surface area contributed by atoms with Crippen molar-refractivity contribution >= 4 is 21.9 Å². The number of hydrogen-bond acceptors (Lipinski definition) is 1. The first-order valence-corrected chi connectivity index (χ1v) is 4.13. The van der Waals surface area contributed by atoms with Crippen LogP contribution in [0.3, 0.4) is 0 Å². The maximum atomic E-state index is 7.56. The number of para-hydroxylation sites is 2. The van der Waals surface area contributed by atoms with Gasteiger partial charge in [-0.15, -0.1) is 0 Å². The lowest BCUT2D eigenvalue weighted by atomic mass is 10.2. The first-order chi connectivity index (χ1) is 7.24. The van der Waals surface area contributed by atoms with Gasteiger partial charge >= 0.3 is 0 Å². The molecule has 62 valence electrons. The zero-order valence-corrected chi connectivity index (χ0v) is 6.87. The molecule has 13 heavy (non-hydrogen) atoms. The molecule has 1 heterocycles. The molecule has 0 fully saturated rings. The highest BCUT2D eigenvalue weighted by Crippen LogP contribution is 2.27. The summed E-state index contributed by atoms with van der Waals surface area (Å²) in [5, 5.41) is 1.82. The van der Waals surface area contributed by atoms with E-state index in [9.17, 15) is 0 Å². The SMILES string of the molecule is [2H]c1ccc2oc3ccc([2H])cc3c2c1. The molecule has 2 aromatic carbocycles. The summed E-state index contributed by atoms with van der Waals surface area (Å²) in [6.45, 7) is 0. The summed E-state index contributed by atoms with van der Waals surface area (Å²) in [4.78, 5) is 0. The van der Waals surface area contributed by atoms with E-state index in [4.69, 9.17) is 7.16 Å². The highest BCUT2D eigenvalue weighted by Gasteiger charge is 2.02. The van der Waals surface area contributed by atoms with E-state index in [2.05, 4.69) is 0 Å². The van der Waals surface area contributed by atoms with Gasteiger partial charge in [-0.05, 0) is 12.1 Å². The molecular weight excluding hydrogens is 160 g/mol. The number of benzene rings is 2. The Bertz CT molecular complexity index is 599. The third-order valence-electron chi connectivity index (χ3n) is 2.16. The first-order valence-electron chi connectivity index (χ1n) is 5.13. The molecule has 0 N–H and O–H groups in total. The van der Waals surface area contributed by atoms with E-state index in [-0.39, 0.29) is 0 Å². The minimum atomic E-state index is 0.459. The highest BCUT2D eigenvalue weighted by molar-refractivity contribution is 6.04. The maximum Gasteiger partial charge on any atom is 0.135 e. The molecule has 0 radical (unpaired) electrons. The summed E-state index contributed by atoms with van der Waals surface area (Å²) in [7, 11) is 0. The van der Waals surface area contributed by atoms with Crippen LogP contribution in [0.1, 0.15) is 2.74 Å². The summed E-state index contributed by atoms with van der Waals surface area (Å²) in [5.41, 5.74) is 1.54. The van der Waals surface area contributed by atoms with Crippen molar-refractivity contribution in [1.29, 1.82) is 0 Å². The van der Waals surface area contributed by atoms with Gasteiger partial charge in [0.1, 0.15) is 11.2 Å². The zero-order chi connectivity index (χ0) is 10.4. The van der Waals surface area contributed by atoms with Gasteiger partial charge in [0.05, 0.1) is 2.74 Å². The normalized spacial score (nSPS) is 13.2. The van der Waals surface area contributed by atoms with Crippen LogP contribution in [-0.2, 0) is 0 Å². The van der Waals surface area contributed by atoms with E-state index < -0.39 is 0 Å². The Morgan fingerprint density at radius 2 is 1.38 bits per heavy atom. The first kappa shape index (κ1) is 5.07. The predicted octanol–water partition coefficient (Wildman–Crippen LogP) is 3.59. The van der Waals surface area contributed by atoms with Crippen molar-refractivity contribution in [3.63, 3.8) is 0 Å². The highest BCUT2D eigenvalue weighted by atomic mass is 16.3. The molecule has 1 nitrogen and oxygen atoms in total. The number of hydrogen-bond donors (Lipinski definition) is 0. The van der Waals surface area contributed by atoms with E-state index in [1.165, 1.54) is 0 Å². The fourth-order valence-corrected chi connectivity index (χ4v) is 1.55. The molecule has 3 rings (SSSR count). The summed E-state index contributed by atoms with van der Waals surface area (Å²) in [5.74, 6) is 0. The van der Waals surface area contributed by atoms with E-state index >= 15 is 0 Å². The average Bonchev–Trinajstić information content (AvgIpc) is 2.56. The largest absolute Gasteiger partial charge is 0.456 e. The van der Waals surface area contributed by atoms with Gasteiger partial charge in [-0.3, -0.25) is 0 Å². The molecule has 0 spiro atoms. The van der Waals surface area contributed by atoms with Gasteiger partial charge in [-0.25, -0.2) is 0 Å². The van der Waals surface area contributed by atoms with Crippen LogP contribution in [-0.4, -0.2) is 0 Å². The zero-order valence-electron chi connectivity index (χ0n) is 8.87. The van der Waals surface area contributed by atoms with Crippen molar-refractivity contribution in [2.75, 3.05) is 0 Å². The summed E-state index contributed by atoms with van der Waals surface area (Å²) in [6.07, 6.45) is 0. The van der Waals surface area contributed by atoms with Gasteiger partial charge in [-0.2, -0.15) is 0 Å². The smallest absolute Gasteiger partial charge is 0.135 e. The number of rotatable bonds is 0. The number of fused-ring (bicyclic) bond motifs is 3. The fraction of sp³-hybridized carbons (Fsp3) is 0. The van der Waals surface area contributed by atoms with Gasteiger partial charge in [-0.1, -0.05) is 36.4 Å². The summed E-state index contributed by atoms with van der Waals surface area (Å²) in [6, 6.07) is 11.4. The van der Waals surface area contributed by atoms with Crippen LogP contribution in [0.4, 0.5) is 0 Å². The molecule has 0 atom stereocenters. The van der Waals surface area contributed by atoms with Crippen LogP contribution < -0.4 is 0 Å². The van der Waals surface area contributed by atoms with Crippen LogP contribution in [0, 0.1) is 0 Å². The maximum absolute atomic E-state index is 7.56. The fourth-order valence-electron chi connectivity index (χ4n) is 1.55. The Labute approximate surface area is 78.4 Å². The van der Waals surface area contributed by atoms with Gasteiger partial charge in [0.25, 0.3) is 0 Å². The molecule has 0 aliphatic rings. The van der Waals surface area contributed by atoms with E-state index in [1.807, 2.05) is 0 Å². The number of furan rings is 1. The lowest BCUT2D eigenvalue weighted by molar-refractivity contribution is 0.669.